The van der Waals surface area contributed by atoms with Crippen LogP contribution in [-0.4, -0.2) is 5.97 Å². The first-order valence-corrected chi connectivity index (χ1v) is 6.52. The Morgan fingerprint density at radius 2 is 1.71 bits per heavy atom. The number of carbonyl (C=O) groups excluding carboxylic acids is 1. The van der Waals surface area contributed by atoms with Crippen molar-refractivity contribution in [1.82, 2.24) is 0 Å². The monoisotopic (exact) mass is 233 g/mol. The molecule has 0 saturated heterocycles. The molecule has 17 heavy (non-hydrogen) atoms. The minimum atomic E-state index is -1.05. The molecule has 0 heterocycles. The summed E-state index contributed by atoms with van der Waals surface area (Å²) in [5, 5.41) is 11.1. The van der Waals surface area contributed by atoms with Gasteiger partial charge in [0.15, 0.2) is 0 Å². The van der Waals surface area contributed by atoms with Crippen LogP contribution in [0.3, 0.4) is 0 Å². The highest BCUT2D eigenvalue weighted by molar-refractivity contribution is 5.89. The molecule has 0 bridgehead atoms. The van der Waals surface area contributed by atoms with Crippen LogP contribution in [0.5, 0.6) is 0 Å². The van der Waals surface area contributed by atoms with E-state index in [9.17, 15) is 9.90 Å². The molecule has 0 saturated carbocycles. The Morgan fingerprint density at radius 1 is 1.06 bits per heavy atom. The lowest BCUT2D eigenvalue weighted by Gasteiger charge is -2.11. The van der Waals surface area contributed by atoms with Crippen LogP contribution in [0.2, 0.25) is 0 Å². The highest BCUT2D eigenvalue weighted by atomic mass is 16.4. The predicted molar refractivity (Wildman–Crippen MR) is 68.7 cm³/mol. The molecule has 1 aromatic rings. The zero-order valence-electron chi connectivity index (χ0n) is 10.8. The van der Waals surface area contributed by atoms with E-state index in [4.69, 9.17) is 0 Å². The zero-order valence-corrected chi connectivity index (χ0v) is 10.8. The summed E-state index contributed by atoms with van der Waals surface area (Å²) in [4.78, 5) is 11.1. The summed E-state index contributed by atoms with van der Waals surface area (Å²) in [5.41, 5.74) is 2.55. The molecule has 0 amide bonds. The maximum Gasteiger partial charge on any atom is 0.386 e. The van der Waals surface area contributed by atoms with Gasteiger partial charge in [-0.3, -0.25) is 0 Å². The first-order chi connectivity index (χ1) is 8.20. The third-order valence-corrected chi connectivity index (χ3v) is 3.07. The van der Waals surface area contributed by atoms with Gasteiger partial charge in [0.2, 0.25) is 0 Å². The fraction of sp³-hybridized carbons (Fsp3) is 0.533. The Kier molecular flexibility index (Phi) is 5.75. The average Bonchev–Trinajstić information content (AvgIpc) is 2.33. The van der Waals surface area contributed by atoms with Crippen LogP contribution in [0, 0.1) is 0 Å². The van der Waals surface area contributed by atoms with Gasteiger partial charge in [0, 0.05) is 0 Å². The first-order valence-electron chi connectivity index (χ1n) is 6.52. The quantitative estimate of drug-likeness (QED) is 0.702. The van der Waals surface area contributed by atoms with E-state index in [0.29, 0.717) is 5.56 Å². The molecule has 1 radical (unpaired) electrons. The Morgan fingerprint density at radius 3 is 2.29 bits per heavy atom. The van der Waals surface area contributed by atoms with Crippen molar-refractivity contribution in [3.63, 3.8) is 0 Å². The van der Waals surface area contributed by atoms with Gasteiger partial charge in [0.05, 0.1) is 5.56 Å². The minimum absolute atomic E-state index is 0.382. The third-order valence-electron chi connectivity index (χ3n) is 3.07. The number of hydrogen-bond donors (Lipinski definition) is 0. The van der Waals surface area contributed by atoms with Crippen LogP contribution in [0.15, 0.2) is 18.2 Å². The molecule has 0 fully saturated rings. The van der Waals surface area contributed by atoms with Crippen molar-refractivity contribution in [2.24, 2.45) is 0 Å². The van der Waals surface area contributed by atoms with Gasteiger partial charge in [-0.2, -0.15) is 0 Å². The van der Waals surface area contributed by atoms with E-state index in [1.165, 1.54) is 5.56 Å². The molecule has 0 spiro atoms. The summed E-state index contributed by atoms with van der Waals surface area (Å²) >= 11 is 0. The van der Waals surface area contributed by atoms with Crippen molar-refractivity contribution < 1.29 is 9.90 Å². The second kappa shape index (κ2) is 7.10. The van der Waals surface area contributed by atoms with Gasteiger partial charge in [0.1, 0.15) is 0 Å². The minimum Gasteiger partial charge on any atom is -0.241 e. The van der Waals surface area contributed by atoms with Crippen molar-refractivity contribution in [3.05, 3.63) is 34.9 Å². The van der Waals surface area contributed by atoms with E-state index in [1.54, 1.807) is 6.07 Å². The van der Waals surface area contributed by atoms with E-state index >= 15 is 0 Å². The number of aryl methyl sites for hydroxylation is 1. The van der Waals surface area contributed by atoms with Crippen molar-refractivity contribution in [2.45, 2.75) is 52.4 Å². The number of rotatable bonds is 7. The van der Waals surface area contributed by atoms with Crippen molar-refractivity contribution in [3.8, 4) is 0 Å². The van der Waals surface area contributed by atoms with Crippen LogP contribution in [0.25, 0.3) is 0 Å². The fourth-order valence-corrected chi connectivity index (χ4v) is 2.08. The maximum atomic E-state index is 11.1. The van der Waals surface area contributed by atoms with Gasteiger partial charge < -0.3 is 0 Å². The van der Waals surface area contributed by atoms with Crippen LogP contribution >= 0.6 is 0 Å². The van der Waals surface area contributed by atoms with Gasteiger partial charge in [0.25, 0.3) is 0 Å². The molecular formula is C15H21O2. The summed E-state index contributed by atoms with van der Waals surface area (Å²) < 4.78 is 0. The van der Waals surface area contributed by atoms with Crippen molar-refractivity contribution >= 4 is 5.97 Å². The van der Waals surface area contributed by atoms with Crippen LogP contribution in [-0.2, 0) is 17.9 Å². The number of unbranched alkanes of at least 4 members (excludes halogenated alkanes) is 2. The molecule has 1 rings (SSSR count). The van der Waals surface area contributed by atoms with E-state index in [0.717, 1.165) is 44.1 Å². The molecule has 1 aromatic carbocycles. The van der Waals surface area contributed by atoms with Gasteiger partial charge in [-0.15, -0.1) is 0 Å². The van der Waals surface area contributed by atoms with Crippen molar-refractivity contribution in [1.29, 1.82) is 0 Å². The fourth-order valence-electron chi connectivity index (χ4n) is 2.08. The van der Waals surface area contributed by atoms with Crippen molar-refractivity contribution in [2.75, 3.05) is 0 Å². The Balaban J connectivity index is 3.00. The summed E-state index contributed by atoms with van der Waals surface area (Å²) in [6.07, 6.45) is 6.16. The topological polar surface area (TPSA) is 37.0 Å². The Hall–Kier alpha value is -1.31. The lowest BCUT2D eigenvalue weighted by Crippen LogP contribution is -2.05. The molecule has 0 unspecified atom stereocenters. The zero-order chi connectivity index (χ0) is 12.7. The number of hydrogen-bond acceptors (Lipinski definition) is 1. The molecule has 0 aliphatic rings. The van der Waals surface area contributed by atoms with E-state index in [2.05, 4.69) is 13.8 Å². The molecular weight excluding hydrogens is 212 g/mol. The molecule has 0 aliphatic carbocycles. The number of carbonyl (C=O) groups is 1. The third kappa shape index (κ3) is 3.88. The van der Waals surface area contributed by atoms with Gasteiger partial charge in [-0.05, 0) is 42.9 Å². The lowest BCUT2D eigenvalue weighted by atomic mass is 9.93. The maximum absolute atomic E-state index is 11.1. The standard InChI is InChI=1S/C15H21O2/c1-3-5-8-12-9-7-11-14(15(16)17)13(12)10-6-4-2/h7,9,11H,3-6,8,10H2,1-2H3. The van der Waals surface area contributed by atoms with Crippen LogP contribution < -0.4 is 0 Å². The average molecular weight is 233 g/mol. The Labute approximate surface area is 104 Å². The highest BCUT2D eigenvalue weighted by Gasteiger charge is 2.14. The molecule has 2 heteroatoms. The van der Waals surface area contributed by atoms with Gasteiger partial charge in [-0.25, -0.2) is 9.90 Å². The molecule has 93 valence electrons. The smallest absolute Gasteiger partial charge is 0.241 e. The highest BCUT2D eigenvalue weighted by Crippen LogP contribution is 2.20. The normalized spacial score (nSPS) is 10.5. The summed E-state index contributed by atoms with van der Waals surface area (Å²) in [6.45, 7) is 4.27. The summed E-state index contributed by atoms with van der Waals surface area (Å²) in [5.74, 6) is -1.05. The lowest BCUT2D eigenvalue weighted by molar-refractivity contribution is 0.0571. The SMILES string of the molecule is CCCCc1cccc(C([O])=O)c1CCCC. The first kappa shape index (κ1) is 13.8. The molecule has 0 N–H and O–H groups in total. The number of benzene rings is 1. The second-order valence-electron chi connectivity index (χ2n) is 4.44. The summed E-state index contributed by atoms with van der Waals surface area (Å²) in [7, 11) is 0. The predicted octanol–water partition coefficient (Wildman–Crippen LogP) is 3.94. The molecule has 0 aliphatic heterocycles. The Bertz CT molecular complexity index is 369. The van der Waals surface area contributed by atoms with Gasteiger partial charge in [-0.1, -0.05) is 38.8 Å². The molecule has 2 nitrogen and oxygen atoms in total. The van der Waals surface area contributed by atoms with Crippen LogP contribution in [0.1, 0.15) is 61.0 Å². The van der Waals surface area contributed by atoms with E-state index < -0.39 is 5.97 Å². The largest absolute Gasteiger partial charge is 0.386 e. The van der Waals surface area contributed by atoms with Gasteiger partial charge >= 0.3 is 5.97 Å². The van der Waals surface area contributed by atoms with E-state index in [1.807, 2.05) is 12.1 Å². The molecule has 0 atom stereocenters. The van der Waals surface area contributed by atoms with Crippen LogP contribution in [0.4, 0.5) is 0 Å². The summed E-state index contributed by atoms with van der Waals surface area (Å²) in [6, 6.07) is 5.54. The van der Waals surface area contributed by atoms with E-state index in [-0.39, 0.29) is 0 Å². The molecule has 0 aromatic heterocycles. The second-order valence-corrected chi connectivity index (χ2v) is 4.44.